The van der Waals surface area contributed by atoms with Crippen LogP contribution in [0.5, 0.6) is 5.75 Å². The van der Waals surface area contributed by atoms with Crippen molar-refractivity contribution in [3.05, 3.63) is 50.1 Å². The SMILES string of the molecule is Cc1ccc(OCC(C)NCc2cc(Br)c(C)s2)cc1. The van der Waals surface area contributed by atoms with E-state index in [2.05, 4.69) is 60.2 Å². The summed E-state index contributed by atoms with van der Waals surface area (Å²) in [5.41, 5.74) is 1.25. The number of hydrogen-bond donors (Lipinski definition) is 1. The van der Waals surface area contributed by atoms with Crippen LogP contribution in [-0.2, 0) is 6.54 Å². The van der Waals surface area contributed by atoms with Crippen molar-refractivity contribution in [1.29, 1.82) is 0 Å². The van der Waals surface area contributed by atoms with Crippen LogP contribution in [0, 0.1) is 13.8 Å². The molecule has 1 unspecified atom stereocenters. The topological polar surface area (TPSA) is 21.3 Å². The van der Waals surface area contributed by atoms with Crippen molar-refractivity contribution in [2.75, 3.05) is 6.61 Å². The number of thiophene rings is 1. The van der Waals surface area contributed by atoms with Crippen LogP contribution in [-0.4, -0.2) is 12.6 Å². The molecule has 1 heterocycles. The van der Waals surface area contributed by atoms with Gasteiger partial charge in [-0.25, -0.2) is 0 Å². The summed E-state index contributed by atoms with van der Waals surface area (Å²) < 4.78 is 6.97. The van der Waals surface area contributed by atoms with Crippen LogP contribution >= 0.6 is 27.3 Å². The molecule has 2 rings (SSSR count). The van der Waals surface area contributed by atoms with Crippen molar-refractivity contribution in [3.63, 3.8) is 0 Å². The van der Waals surface area contributed by atoms with Crippen LogP contribution in [0.3, 0.4) is 0 Å². The number of ether oxygens (including phenoxy) is 1. The molecule has 4 heteroatoms. The van der Waals surface area contributed by atoms with Gasteiger partial charge in [0.05, 0.1) is 0 Å². The van der Waals surface area contributed by atoms with Crippen molar-refractivity contribution >= 4 is 27.3 Å². The van der Waals surface area contributed by atoms with E-state index in [0.29, 0.717) is 12.6 Å². The summed E-state index contributed by atoms with van der Waals surface area (Å²) in [5.74, 6) is 0.930. The zero-order valence-electron chi connectivity index (χ0n) is 12.1. The third kappa shape index (κ3) is 4.62. The quantitative estimate of drug-likeness (QED) is 0.813. The van der Waals surface area contributed by atoms with E-state index in [1.807, 2.05) is 23.5 Å². The highest BCUT2D eigenvalue weighted by Crippen LogP contribution is 2.26. The second kappa shape index (κ2) is 7.25. The molecule has 0 amide bonds. The highest BCUT2D eigenvalue weighted by Gasteiger charge is 2.06. The lowest BCUT2D eigenvalue weighted by Gasteiger charge is -2.14. The van der Waals surface area contributed by atoms with Gasteiger partial charge in [-0.1, -0.05) is 17.7 Å². The van der Waals surface area contributed by atoms with E-state index in [0.717, 1.165) is 12.3 Å². The highest BCUT2D eigenvalue weighted by atomic mass is 79.9. The maximum Gasteiger partial charge on any atom is 0.119 e. The summed E-state index contributed by atoms with van der Waals surface area (Å²) in [4.78, 5) is 2.67. The van der Waals surface area contributed by atoms with Gasteiger partial charge < -0.3 is 10.1 Å². The molecule has 0 aliphatic carbocycles. The average Bonchev–Trinajstić information content (AvgIpc) is 2.75. The fraction of sp³-hybridized carbons (Fsp3) is 0.375. The third-order valence-electron chi connectivity index (χ3n) is 3.05. The Hall–Kier alpha value is -0.840. The van der Waals surface area contributed by atoms with Crippen molar-refractivity contribution in [1.82, 2.24) is 5.32 Å². The third-order valence-corrected chi connectivity index (χ3v) is 5.19. The zero-order valence-corrected chi connectivity index (χ0v) is 14.5. The van der Waals surface area contributed by atoms with Gasteiger partial charge in [-0.2, -0.15) is 0 Å². The first-order valence-corrected chi connectivity index (χ1v) is 8.33. The zero-order chi connectivity index (χ0) is 14.5. The van der Waals surface area contributed by atoms with Gasteiger partial charge in [-0.05, 0) is 54.9 Å². The minimum absolute atomic E-state index is 0.317. The van der Waals surface area contributed by atoms with Gasteiger partial charge in [0.2, 0.25) is 0 Å². The molecule has 2 aromatic rings. The summed E-state index contributed by atoms with van der Waals surface area (Å²) in [6.45, 7) is 7.91. The van der Waals surface area contributed by atoms with Gasteiger partial charge in [0.15, 0.2) is 0 Å². The van der Waals surface area contributed by atoms with Crippen molar-refractivity contribution in [2.24, 2.45) is 0 Å². The molecule has 1 atom stereocenters. The van der Waals surface area contributed by atoms with Crippen LogP contribution in [0.4, 0.5) is 0 Å². The lowest BCUT2D eigenvalue weighted by atomic mass is 10.2. The van der Waals surface area contributed by atoms with Crippen molar-refractivity contribution in [3.8, 4) is 5.75 Å². The standard InChI is InChI=1S/C16H20BrNOS/c1-11-4-6-14(7-5-11)19-10-12(2)18-9-15-8-16(17)13(3)20-15/h4-8,12,18H,9-10H2,1-3H3. The molecule has 0 spiro atoms. The molecule has 20 heavy (non-hydrogen) atoms. The lowest BCUT2D eigenvalue weighted by Crippen LogP contribution is -2.31. The molecular formula is C16H20BrNOS. The maximum atomic E-state index is 5.77. The number of benzene rings is 1. The monoisotopic (exact) mass is 353 g/mol. The van der Waals surface area contributed by atoms with Crippen molar-refractivity contribution < 1.29 is 4.74 Å². The fourth-order valence-electron chi connectivity index (χ4n) is 1.79. The number of rotatable bonds is 6. The van der Waals surface area contributed by atoms with Crippen LogP contribution in [0.25, 0.3) is 0 Å². The van der Waals surface area contributed by atoms with Crippen LogP contribution in [0.15, 0.2) is 34.8 Å². The van der Waals surface area contributed by atoms with Gasteiger partial charge in [-0.3, -0.25) is 0 Å². The number of hydrogen-bond acceptors (Lipinski definition) is 3. The molecule has 0 saturated carbocycles. The van der Waals surface area contributed by atoms with E-state index >= 15 is 0 Å². The molecule has 1 aromatic heterocycles. The second-order valence-electron chi connectivity index (χ2n) is 5.02. The Balaban J connectivity index is 1.75. The molecule has 0 radical (unpaired) electrons. The predicted molar refractivity (Wildman–Crippen MR) is 89.7 cm³/mol. The maximum absolute atomic E-state index is 5.77. The Morgan fingerprint density at radius 1 is 1.25 bits per heavy atom. The van der Waals surface area contributed by atoms with Crippen LogP contribution < -0.4 is 10.1 Å². The molecule has 0 saturated heterocycles. The largest absolute Gasteiger partial charge is 0.492 e. The van der Waals surface area contributed by atoms with E-state index < -0.39 is 0 Å². The second-order valence-corrected chi connectivity index (χ2v) is 7.22. The normalized spacial score (nSPS) is 12.4. The summed E-state index contributed by atoms with van der Waals surface area (Å²) in [7, 11) is 0. The Morgan fingerprint density at radius 2 is 1.95 bits per heavy atom. The van der Waals surface area contributed by atoms with E-state index in [1.165, 1.54) is 19.8 Å². The molecule has 0 fully saturated rings. The average molecular weight is 354 g/mol. The molecule has 0 aliphatic rings. The van der Waals surface area contributed by atoms with E-state index in [9.17, 15) is 0 Å². The molecule has 0 aliphatic heterocycles. The number of aryl methyl sites for hydroxylation is 2. The van der Waals surface area contributed by atoms with Gasteiger partial charge in [0, 0.05) is 26.8 Å². The van der Waals surface area contributed by atoms with Crippen molar-refractivity contribution in [2.45, 2.75) is 33.4 Å². The van der Waals surface area contributed by atoms with Crippen LogP contribution in [0.1, 0.15) is 22.2 Å². The first kappa shape index (κ1) is 15.5. The first-order valence-electron chi connectivity index (χ1n) is 6.72. The molecule has 1 aromatic carbocycles. The number of nitrogens with one attached hydrogen (secondary N) is 1. The molecular weight excluding hydrogens is 334 g/mol. The Morgan fingerprint density at radius 3 is 2.55 bits per heavy atom. The van der Waals surface area contributed by atoms with Crippen LogP contribution in [0.2, 0.25) is 0 Å². The predicted octanol–water partition coefficient (Wildman–Crippen LogP) is 4.68. The Kier molecular flexibility index (Phi) is 5.64. The minimum atomic E-state index is 0.317. The summed E-state index contributed by atoms with van der Waals surface area (Å²) in [6, 6.07) is 10.7. The Labute approximate surface area is 133 Å². The van der Waals surface area contributed by atoms with Gasteiger partial charge in [0.25, 0.3) is 0 Å². The molecule has 0 bridgehead atoms. The Bertz CT molecular complexity index is 531. The fourth-order valence-corrected chi connectivity index (χ4v) is 3.35. The summed E-state index contributed by atoms with van der Waals surface area (Å²) in [6.07, 6.45) is 0. The summed E-state index contributed by atoms with van der Waals surface area (Å²) in [5, 5.41) is 3.49. The van der Waals surface area contributed by atoms with Gasteiger partial charge in [-0.15, -0.1) is 11.3 Å². The van der Waals surface area contributed by atoms with E-state index in [4.69, 9.17) is 4.74 Å². The molecule has 108 valence electrons. The van der Waals surface area contributed by atoms with E-state index in [1.54, 1.807) is 0 Å². The minimum Gasteiger partial charge on any atom is -0.492 e. The smallest absolute Gasteiger partial charge is 0.119 e. The molecule has 2 nitrogen and oxygen atoms in total. The lowest BCUT2D eigenvalue weighted by molar-refractivity contribution is 0.273. The van der Waals surface area contributed by atoms with Gasteiger partial charge >= 0.3 is 0 Å². The number of halogens is 1. The van der Waals surface area contributed by atoms with Gasteiger partial charge in [0.1, 0.15) is 12.4 Å². The highest BCUT2D eigenvalue weighted by molar-refractivity contribution is 9.10. The first-order chi connectivity index (χ1) is 9.54. The summed E-state index contributed by atoms with van der Waals surface area (Å²) >= 11 is 5.37. The molecule has 1 N–H and O–H groups in total. The van der Waals surface area contributed by atoms with E-state index in [-0.39, 0.29) is 0 Å².